The fourth-order valence-electron chi connectivity index (χ4n) is 5.03. The number of rotatable bonds is 4. The highest BCUT2D eigenvalue weighted by Gasteiger charge is 2.20. The third kappa shape index (κ3) is 6.22. The predicted octanol–water partition coefficient (Wildman–Crippen LogP) is 4.65. The van der Waals surface area contributed by atoms with Crippen LogP contribution in [0.5, 0.6) is 5.75 Å². The summed E-state index contributed by atoms with van der Waals surface area (Å²) in [6.07, 6.45) is 7.78. The monoisotopic (exact) mass is 537 g/mol. The molecule has 0 spiro atoms. The highest BCUT2D eigenvalue weighted by molar-refractivity contribution is 5.94. The van der Waals surface area contributed by atoms with E-state index in [0.717, 1.165) is 33.8 Å². The van der Waals surface area contributed by atoms with Crippen LogP contribution in [0.3, 0.4) is 0 Å². The zero-order valence-corrected chi connectivity index (χ0v) is 23.3. The number of hydrogen-bond donors (Lipinski definition) is 0. The lowest BCUT2D eigenvalue weighted by molar-refractivity contribution is -0.132. The van der Waals surface area contributed by atoms with E-state index < -0.39 is 0 Å². The van der Waals surface area contributed by atoms with Crippen molar-refractivity contribution in [3.63, 3.8) is 0 Å². The van der Waals surface area contributed by atoms with Gasteiger partial charge in [0.15, 0.2) is 0 Å². The van der Waals surface area contributed by atoms with Crippen molar-refractivity contribution in [1.29, 1.82) is 0 Å². The normalized spacial score (nSPS) is 14.4. The van der Waals surface area contributed by atoms with Crippen LogP contribution in [0.1, 0.15) is 47.1 Å². The van der Waals surface area contributed by atoms with E-state index in [1.54, 1.807) is 29.2 Å². The average molecular weight is 538 g/mol. The maximum atomic E-state index is 13.5. The summed E-state index contributed by atoms with van der Waals surface area (Å²) in [5.41, 5.74) is 4.73. The molecule has 0 fully saturated rings. The van der Waals surface area contributed by atoms with Gasteiger partial charge in [0.1, 0.15) is 24.7 Å². The molecule has 4 aromatic rings. The molecule has 0 radical (unpaired) electrons. The van der Waals surface area contributed by atoms with Gasteiger partial charge in [0.2, 0.25) is 5.91 Å². The summed E-state index contributed by atoms with van der Waals surface area (Å²) < 4.78 is 8.21. The van der Waals surface area contributed by atoms with Crippen LogP contribution in [0, 0.1) is 0 Å². The van der Waals surface area contributed by atoms with Crippen molar-refractivity contribution in [3.8, 4) is 16.9 Å². The van der Waals surface area contributed by atoms with Gasteiger partial charge in [-0.25, -0.2) is 4.98 Å². The molecule has 8 heteroatoms. The van der Waals surface area contributed by atoms with Gasteiger partial charge in [0.25, 0.3) is 5.91 Å². The first kappa shape index (κ1) is 27.1. The van der Waals surface area contributed by atoms with Crippen LogP contribution in [-0.2, 0) is 17.8 Å². The van der Waals surface area contributed by atoms with E-state index in [1.165, 1.54) is 0 Å². The maximum absolute atomic E-state index is 13.5. The second-order valence-corrected chi connectivity index (χ2v) is 10.5. The van der Waals surface area contributed by atoms with Crippen molar-refractivity contribution in [2.24, 2.45) is 0 Å². The summed E-state index contributed by atoms with van der Waals surface area (Å²) in [5, 5.41) is 0. The van der Waals surface area contributed by atoms with Gasteiger partial charge >= 0.3 is 0 Å². The molecule has 2 amide bonds. The van der Waals surface area contributed by atoms with Crippen molar-refractivity contribution in [2.75, 3.05) is 33.3 Å². The number of nitrogens with zero attached hydrogens (tertiary/aromatic N) is 5. The topological polar surface area (TPSA) is 80.6 Å². The standard InChI is InChI=1S/C32H35N5O3/c1-23(2)31-34-12-13-37(31)22-30(38)36-15-14-35(3)32(39)26-7-4-6-24(18-26)19-28-20-25(27-8-5-11-33-21-27)9-10-29(28)40-17-16-36/h4-13,18,20-21,23H,14-17,19,22H2,1-3H3. The Bertz CT molecular complexity index is 1480. The number of imidazole rings is 1. The molecule has 2 aromatic heterocycles. The van der Waals surface area contributed by atoms with Crippen molar-refractivity contribution in [2.45, 2.75) is 32.7 Å². The molecular weight excluding hydrogens is 502 g/mol. The Morgan fingerprint density at radius 2 is 1.82 bits per heavy atom. The van der Waals surface area contributed by atoms with Crippen molar-refractivity contribution in [1.82, 2.24) is 24.3 Å². The molecule has 206 valence electrons. The highest BCUT2D eigenvalue weighted by Crippen LogP contribution is 2.29. The van der Waals surface area contributed by atoms with Crippen LogP contribution in [0.4, 0.5) is 0 Å². The molecule has 5 rings (SSSR count). The fraction of sp³-hybridized carbons (Fsp3) is 0.312. The van der Waals surface area contributed by atoms with Gasteiger partial charge in [0, 0.05) is 68.4 Å². The van der Waals surface area contributed by atoms with Crippen LogP contribution in [0.15, 0.2) is 79.4 Å². The number of aromatic nitrogens is 3. The lowest BCUT2D eigenvalue weighted by atomic mass is 9.98. The Hall–Kier alpha value is -4.46. The van der Waals surface area contributed by atoms with E-state index in [2.05, 4.69) is 29.9 Å². The van der Waals surface area contributed by atoms with E-state index >= 15 is 0 Å². The third-order valence-corrected chi connectivity index (χ3v) is 7.22. The molecule has 1 aliphatic heterocycles. The summed E-state index contributed by atoms with van der Waals surface area (Å²) in [6, 6.07) is 17.8. The Morgan fingerprint density at radius 3 is 2.62 bits per heavy atom. The van der Waals surface area contributed by atoms with E-state index in [4.69, 9.17) is 4.74 Å². The molecular formula is C32H35N5O3. The molecule has 1 aliphatic rings. The zero-order valence-electron chi connectivity index (χ0n) is 23.3. The largest absolute Gasteiger partial charge is 0.491 e. The smallest absolute Gasteiger partial charge is 0.253 e. The summed E-state index contributed by atoms with van der Waals surface area (Å²) >= 11 is 0. The maximum Gasteiger partial charge on any atom is 0.253 e. The van der Waals surface area contributed by atoms with Gasteiger partial charge in [-0.05, 0) is 47.0 Å². The van der Waals surface area contributed by atoms with Gasteiger partial charge in [-0.1, -0.05) is 38.1 Å². The quantitative estimate of drug-likeness (QED) is 0.379. The summed E-state index contributed by atoms with van der Waals surface area (Å²) in [5.74, 6) is 1.74. The van der Waals surface area contributed by atoms with Gasteiger partial charge < -0.3 is 19.1 Å². The molecule has 3 heterocycles. The first-order valence-corrected chi connectivity index (χ1v) is 13.7. The molecule has 0 unspecified atom stereocenters. The lowest BCUT2D eigenvalue weighted by Gasteiger charge is -2.27. The van der Waals surface area contributed by atoms with Gasteiger partial charge in [-0.15, -0.1) is 0 Å². The van der Waals surface area contributed by atoms with E-state index in [-0.39, 0.29) is 24.3 Å². The minimum atomic E-state index is -0.0661. The highest BCUT2D eigenvalue weighted by atomic mass is 16.5. The van der Waals surface area contributed by atoms with Crippen LogP contribution >= 0.6 is 0 Å². The predicted molar refractivity (Wildman–Crippen MR) is 154 cm³/mol. The van der Waals surface area contributed by atoms with Gasteiger partial charge in [-0.2, -0.15) is 0 Å². The number of fused-ring (bicyclic) bond motifs is 3. The fourth-order valence-corrected chi connectivity index (χ4v) is 5.03. The minimum Gasteiger partial charge on any atom is -0.491 e. The number of hydrogen-bond acceptors (Lipinski definition) is 5. The SMILES string of the molecule is CC(C)c1nccn1CC(=O)N1CCOc2ccc(-c3cccnc3)cc2Cc2cccc(c2)C(=O)N(C)CC1. The first-order chi connectivity index (χ1) is 19.4. The Balaban J connectivity index is 1.45. The number of pyridine rings is 1. The Labute approximate surface area is 235 Å². The summed E-state index contributed by atoms with van der Waals surface area (Å²) in [4.78, 5) is 38.9. The Morgan fingerprint density at radius 1 is 0.975 bits per heavy atom. The van der Waals surface area contributed by atoms with Gasteiger partial charge in [-0.3, -0.25) is 14.6 Å². The molecule has 0 aliphatic carbocycles. The lowest BCUT2D eigenvalue weighted by Crippen LogP contribution is -2.42. The number of benzene rings is 2. The molecule has 0 saturated carbocycles. The van der Waals surface area contributed by atoms with Crippen LogP contribution in [-0.4, -0.2) is 69.4 Å². The van der Waals surface area contributed by atoms with Crippen molar-refractivity contribution >= 4 is 11.8 Å². The number of ether oxygens (including phenoxy) is 1. The first-order valence-electron chi connectivity index (χ1n) is 13.7. The van der Waals surface area contributed by atoms with Crippen LogP contribution < -0.4 is 4.74 Å². The molecule has 2 aromatic carbocycles. The molecule has 8 nitrogen and oxygen atoms in total. The third-order valence-electron chi connectivity index (χ3n) is 7.22. The van der Waals surface area contributed by atoms with Crippen molar-refractivity contribution in [3.05, 3.63) is 102 Å². The summed E-state index contributed by atoms with van der Waals surface area (Å²) in [6.45, 7) is 5.88. The van der Waals surface area contributed by atoms with Crippen molar-refractivity contribution < 1.29 is 14.3 Å². The van der Waals surface area contributed by atoms with Crippen LogP contribution in [0.25, 0.3) is 11.1 Å². The zero-order chi connectivity index (χ0) is 28.1. The number of likely N-dealkylation sites (N-methyl/N-ethyl adjacent to an activating group) is 1. The van der Waals surface area contributed by atoms with Gasteiger partial charge in [0.05, 0.1) is 6.54 Å². The molecule has 0 atom stereocenters. The average Bonchev–Trinajstić information content (AvgIpc) is 3.43. The number of carbonyl (C=O) groups excluding carboxylic acids is 2. The molecule has 0 N–H and O–H groups in total. The molecule has 0 saturated heterocycles. The minimum absolute atomic E-state index is 0.0365. The second kappa shape index (κ2) is 12.2. The molecule has 2 bridgehead atoms. The van der Waals surface area contributed by atoms with Crippen LogP contribution in [0.2, 0.25) is 0 Å². The Kier molecular flexibility index (Phi) is 8.24. The van der Waals surface area contributed by atoms with E-state index in [9.17, 15) is 9.59 Å². The summed E-state index contributed by atoms with van der Waals surface area (Å²) in [7, 11) is 1.78. The van der Waals surface area contributed by atoms with E-state index in [0.29, 0.717) is 38.2 Å². The number of carbonyl (C=O) groups is 2. The second-order valence-electron chi connectivity index (χ2n) is 10.5. The number of amides is 2. The molecule has 40 heavy (non-hydrogen) atoms. The van der Waals surface area contributed by atoms with E-state index in [1.807, 2.05) is 65.5 Å².